The van der Waals surface area contributed by atoms with E-state index in [1.54, 1.807) is 0 Å². The van der Waals surface area contributed by atoms with Gasteiger partial charge >= 0.3 is 0 Å². The van der Waals surface area contributed by atoms with Gasteiger partial charge in [0.15, 0.2) is 0 Å². The van der Waals surface area contributed by atoms with Crippen LogP contribution in [-0.4, -0.2) is 6.54 Å². The average Bonchev–Trinajstić information content (AvgIpc) is 2.36. The molecule has 94 valence electrons. The zero-order valence-electron chi connectivity index (χ0n) is 11.2. The molecule has 1 aromatic carbocycles. The van der Waals surface area contributed by atoms with Gasteiger partial charge in [-0.1, -0.05) is 6.07 Å². The minimum absolute atomic E-state index is 0.259. The molecular formula is C15H19N3. The predicted octanol–water partition coefficient (Wildman–Crippen LogP) is 3.61. The summed E-state index contributed by atoms with van der Waals surface area (Å²) in [5, 5.41) is 21.1. The first kappa shape index (κ1) is 14.1. The fourth-order valence-corrected chi connectivity index (χ4v) is 1.69. The van der Waals surface area contributed by atoms with Crippen molar-refractivity contribution in [3.8, 4) is 12.1 Å². The van der Waals surface area contributed by atoms with E-state index in [4.69, 9.17) is 10.5 Å². The number of hydrogen-bond donors (Lipinski definition) is 1. The van der Waals surface area contributed by atoms with Crippen LogP contribution >= 0.6 is 0 Å². The molecule has 18 heavy (non-hydrogen) atoms. The maximum atomic E-state index is 8.92. The van der Waals surface area contributed by atoms with Crippen molar-refractivity contribution in [3.63, 3.8) is 0 Å². The Labute approximate surface area is 109 Å². The first-order valence-corrected chi connectivity index (χ1v) is 6.14. The van der Waals surface area contributed by atoms with Crippen LogP contribution in [-0.2, 0) is 0 Å². The molecule has 0 aliphatic carbocycles. The highest BCUT2D eigenvalue weighted by molar-refractivity contribution is 5.55. The summed E-state index contributed by atoms with van der Waals surface area (Å²) >= 11 is 0. The molecule has 0 aliphatic heterocycles. The second-order valence-electron chi connectivity index (χ2n) is 5.17. The van der Waals surface area contributed by atoms with E-state index in [-0.39, 0.29) is 5.41 Å². The SMILES string of the molecule is Cc1ccc(C#N)cc1NCCCC(C)(C)C#N. The van der Waals surface area contributed by atoms with Crippen LogP contribution in [0, 0.1) is 35.0 Å². The van der Waals surface area contributed by atoms with Crippen LogP contribution < -0.4 is 5.32 Å². The second kappa shape index (κ2) is 6.07. The van der Waals surface area contributed by atoms with Crippen molar-refractivity contribution in [2.45, 2.75) is 33.6 Å². The van der Waals surface area contributed by atoms with Gasteiger partial charge < -0.3 is 5.32 Å². The van der Waals surface area contributed by atoms with Gasteiger partial charge in [-0.15, -0.1) is 0 Å². The summed E-state index contributed by atoms with van der Waals surface area (Å²) in [5.41, 5.74) is 2.54. The second-order valence-corrected chi connectivity index (χ2v) is 5.17. The molecule has 0 aromatic heterocycles. The van der Waals surface area contributed by atoms with Gasteiger partial charge in [0.25, 0.3) is 0 Å². The van der Waals surface area contributed by atoms with Crippen molar-refractivity contribution in [1.82, 2.24) is 0 Å². The number of hydrogen-bond acceptors (Lipinski definition) is 3. The highest BCUT2D eigenvalue weighted by Gasteiger charge is 2.15. The van der Waals surface area contributed by atoms with Crippen LogP contribution in [0.1, 0.15) is 37.8 Å². The average molecular weight is 241 g/mol. The minimum atomic E-state index is -0.259. The van der Waals surface area contributed by atoms with Gasteiger partial charge in [0.1, 0.15) is 0 Å². The molecule has 0 bridgehead atoms. The number of aryl methyl sites for hydroxylation is 1. The van der Waals surface area contributed by atoms with E-state index in [9.17, 15) is 0 Å². The first-order valence-electron chi connectivity index (χ1n) is 6.14. The number of benzene rings is 1. The summed E-state index contributed by atoms with van der Waals surface area (Å²) in [7, 11) is 0. The van der Waals surface area contributed by atoms with Gasteiger partial charge in [0.05, 0.1) is 23.1 Å². The van der Waals surface area contributed by atoms with E-state index in [1.807, 2.05) is 39.0 Å². The lowest BCUT2D eigenvalue weighted by Gasteiger charge is -2.15. The lowest BCUT2D eigenvalue weighted by Crippen LogP contribution is -2.11. The van der Waals surface area contributed by atoms with Gasteiger partial charge in [-0.3, -0.25) is 0 Å². The third-order valence-electron chi connectivity index (χ3n) is 2.96. The summed E-state index contributed by atoms with van der Waals surface area (Å²) in [6.45, 7) is 6.74. The number of nitrogens with zero attached hydrogens (tertiary/aromatic N) is 2. The van der Waals surface area contributed by atoms with Gasteiger partial charge in [-0.05, 0) is 51.3 Å². The van der Waals surface area contributed by atoms with Crippen LogP contribution in [0.25, 0.3) is 0 Å². The normalized spacial score (nSPS) is 10.5. The highest BCUT2D eigenvalue weighted by Crippen LogP contribution is 2.21. The molecule has 1 N–H and O–H groups in total. The Hall–Kier alpha value is -2.00. The summed E-state index contributed by atoms with van der Waals surface area (Å²) < 4.78 is 0. The lowest BCUT2D eigenvalue weighted by atomic mass is 9.90. The molecule has 0 spiro atoms. The van der Waals surface area contributed by atoms with Crippen LogP contribution in [0.2, 0.25) is 0 Å². The van der Waals surface area contributed by atoms with E-state index in [0.29, 0.717) is 5.56 Å². The van der Waals surface area contributed by atoms with Crippen LogP contribution in [0.5, 0.6) is 0 Å². The number of nitrogens with one attached hydrogen (secondary N) is 1. The van der Waals surface area contributed by atoms with Crippen LogP contribution in [0.4, 0.5) is 5.69 Å². The Morgan fingerprint density at radius 1 is 1.28 bits per heavy atom. The fourth-order valence-electron chi connectivity index (χ4n) is 1.69. The molecule has 0 aliphatic rings. The van der Waals surface area contributed by atoms with E-state index < -0.39 is 0 Å². The van der Waals surface area contributed by atoms with E-state index in [1.165, 1.54) is 0 Å². The van der Waals surface area contributed by atoms with Gasteiger partial charge in [-0.2, -0.15) is 10.5 Å². The van der Waals surface area contributed by atoms with Crippen molar-refractivity contribution in [2.24, 2.45) is 5.41 Å². The third-order valence-corrected chi connectivity index (χ3v) is 2.96. The topological polar surface area (TPSA) is 59.6 Å². The zero-order chi connectivity index (χ0) is 13.6. The number of rotatable bonds is 5. The molecule has 0 fully saturated rings. The minimum Gasteiger partial charge on any atom is -0.385 e. The molecule has 0 radical (unpaired) electrons. The Kier molecular flexibility index (Phi) is 4.75. The van der Waals surface area contributed by atoms with Gasteiger partial charge in [0.2, 0.25) is 0 Å². The van der Waals surface area contributed by atoms with E-state index >= 15 is 0 Å². The summed E-state index contributed by atoms with van der Waals surface area (Å²) in [4.78, 5) is 0. The summed E-state index contributed by atoms with van der Waals surface area (Å²) in [6, 6.07) is 10.1. The molecule has 0 heterocycles. The summed E-state index contributed by atoms with van der Waals surface area (Å²) in [5.74, 6) is 0. The maximum Gasteiger partial charge on any atom is 0.0992 e. The molecule has 1 rings (SSSR count). The molecule has 0 saturated heterocycles. The maximum absolute atomic E-state index is 8.92. The molecule has 0 amide bonds. The fraction of sp³-hybridized carbons (Fsp3) is 0.467. The monoisotopic (exact) mass is 241 g/mol. The van der Waals surface area contributed by atoms with Gasteiger partial charge in [0, 0.05) is 12.2 Å². The predicted molar refractivity (Wildman–Crippen MR) is 73.0 cm³/mol. The van der Waals surface area contributed by atoms with E-state index in [0.717, 1.165) is 30.6 Å². The van der Waals surface area contributed by atoms with Crippen molar-refractivity contribution in [3.05, 3.63) is 29.3 Å². The Balaban J connectivity index is 2.50. The van der Waals surface area contributed by atoms with Gasteiger partial charge in [-0.25, -0.2) is 0 Å². The molecule has 0 unspecified atom stereocenters. The molecule has 3 heteroatoms. The van der Waals surface area contributed by atoms with Crippen molar-refractivity contribution in [2.75, 3.05) is 11.9 Å². The zero-order valence-corrected chi connectivity index (χ0v) is 11.2. The Morgan fingerprint density at radius 3 is 2.61 bits per heavy atom. The molecule has 1 aromatic rings. The third kappa shape index (κ3) is 4.11. The van der Waals surface area contributed by atoms with Crippen LogP contribution in [0.15, 0.2) is 18.2 Å². The van der Waals surface area contributed by atoms with Crippen molar-refractivity contribution in [1.29, 1.82) is 10.5 Å². The Morgan fingerprint density at radius 2 is 2.00 bits per heavy atom. The first-order chi connectivity index (χ1) is 8.48. The molecule has 3 nitrogen and oxygen atoms in total. The van der Waals surface area contributed by atoms with Crippen molar-refractivity contribution >= 4 is 5.69 Å². The quantitative estimate of drug-likeness (QED) is 0.801. The molecule has 0 saturated carbocycles. The van der Waals surface area contributed by atoms with Crippen molar-refractivity contribution < 1.29 is 0 Å². The molecular weight excluding hydrogens is 222 g/mol. The van der Waals surface area contributed by atoms with E-state index in [2.05, 4.69) is 17.5 Å². The molecule has 0 atom stereocenters. The largest absolute Gasteiger partial charge is 0.385 e. The smallest absolute Gasteiger partial charge is 0.0992 e. The van der Waals surface area contributed by atoms with Crippen LogP contribution in [0.3, 0.4) is 0 Å². The Bertz CT molecular complexity index is 489. The highest BCUT2D eigenvalue weighted by atomic mass is 14.9. The number of nitriles is 2. The standard InChI is InChI=1S/C15H19N3/c1-12-5-6-13(10-16)9-14(12)18-8-4-7-15(2,3)11-17/h5-6,9,18H,4,7-8H2,1-3H3. The lowest BCUT2D eigenvalue weighted by molar-refractivity contribution is 0.441. The summed E-state index contributed by atoms with van der Waals surface area (Å²) in [6.07, 6.45) is 1.81. The number of anilines is 1.